The van der Waals surface area contributed by atoms with Crippen LogP contribution >= 0.6 is 0 Å². The summed E-state index contributed by atoms with van der Waals surface area (Å²) < 4.78 is 6.85. The molecule has 2 aliphatic heterocycles. The number of nitrogens with one attached hydrogen (secondary N) is 2. The Bertz CT molecular complexity index is 541. The zero-order valence-electron chi connectivity index (χ0n) is 11.4. The smallest absolute Gasteiger partial charge is 0.351 e. The molecule has 2 radical (unpaired) electrons. The molecule has 10 heteroatoms. The fraction of sp³-hybridized carbons (Fsp3) is 0.636. The number of anilines is 1. The normalized spacial score (nSPS) is 27.0. The maximum absolute atomic E-state index is 11.9. The van der Waals surface area contributed by atoms with Crippen molar-refractivity contribution in [2.75, 3.05) is 18.6 Å². The third-order valence-corrected chi connectivity index (χ3v) is 3.45. The first-order chi connectivity index (χ1) is 9.19. The van der Waals surface area contributed by atoms with Gasteiger partial charge in [-0.3, -0.25) is 4.57 Å². The van der Waals surface area contributed by atoms with Crippen molar-refractivity contribution in [1.82, 2.24) is 15.0 Å². The number of hydrogen-bond donors (Lipinski definition) is 4. The predicted octanol–water partition coefficient (Wildman–Crippen LogP) is -1.64. The Kier molecular flexibility index (Phi) is 8.80. The number of nitrogens with zero attached hydrogens (tertiary/aromatic N) is 2. The van der Waals surface area contributed by atoms with Crippen LogP contribution in [0.1, 0.15) is 18.2 Å². The van der Waals surface area contributed by atoms with Crippen molar-refractivity contribution in [3.05, 3.63) is 22.2 Å². The Balaban J connectivity index is 0.00000110. The molecule has 0 saturated carbocycles. The van der Waals surface area contributed by atoms with E-state index >= 15 is 0 Å². The molecule has 0 spiro atoms. The Morgan fingerprint density at radius 2 is 2.24 bits per heavy atom. The molecule has 3 rings (SSSR count). The van der Waals surface area contributed by atoms with Gasteiger partial charge in [0.15, 0.2) is 5.82 Å². The van der Waals surface area contributed by atoms with Crippen LogP contribution in [-0.2, 0) is 11.2 Å². The van der Waals surface area contributed by atoms with Gasteiger partial charge in [-0.05, 0) is 6.42 Å². The van der Waals surface area contributed by atoms with E-state index in [9.17, 15) is 9.90 Å². The molecule has 8 nitrogen and oxygen atoms in total. The first-order valence-corrected chi connectivity index (χ1v) is 6.24. The number of aliphatic hydroxyl groups is 2. The minimum Gasteiger partial charge on any atom is -0.394 e. The van der Waals surface area contributed by atoms with Crippen molar-refractivity contribution in [2.45, 2.75) is 31.3 Å². The molecule has 0 bridgehead atoms. The Labute approximate surface area is 193 Å². The first kappa shape index (κ1) is 20.4. The zero-order valence-corrected chi connectivity index (χ0v) is 20.9. The van der Waals surface area contributed by atoms with Crippen molar-refractivity contribution < 1.29 is 103 Å². The van der Waals surface area contributed by atoms with E-state index in [4.69, 9.17) is 9.84 Å². The van der Waals surface area contributed by atoms with Gasteiger partial charge in [-0.15, -0.1) is 0 Å². The van der Waals surface area contributed by atoms with Crippen LogP contribution in [0.5, 0.6) is 0 Å². The molecule has 2 unspecified atom stereocenters. The summed E-state index contributed by atoms with van der Waals surface area (Å²) in [4.78, 5) is 15.9. The van der Waals surface area contributed by atoms with E-state index in [1.54, 1.807) is 6.20 Å². The van der Waals surface area contributed by atoms with Gasteiger partial charge in [-0.1, -0.05) is 0 Å². The number of ether oxygens (including phenoxy) is 1. The fourth-order valence-electron chi connectivity index (χ4n) is 2.40. The van der Waals surface area contributed by atoms with Gasteiger partial charge < -0.3 is 20.4 Å². The van der Waals surface area contributed by atoms with Crippen molar-refractivity contribution in [3.8, 4) is 0 Å². The number of hydrazine groups is 1. The van der Waals surface area contributed by atoms with Gasteiger partial charge in [0.05, 0.1) is 12.7 Å². The molecular formula is C11H16Ac2N4O4. The molecule has 0 aromatic carbocycles. The molecule has 1 saturated heterocycles. The van der Waals surface area contributed by atoms with Gasteiger partial charge in [0.1, 0.15) is 12.3 Å². The Morgan fingerprint density at radius 3 is 2.90 bits per heavy atom. The van der Waals surface area contributed by atoms with Gasteiger partial charge in [0.25, 0.3) is 0 Å². The van der Waals surface area contributed by atoms with Gasteiger partial charge >= 0.3 is 5.69 Å². The third kappa shape index (κ3) is 4.48. The summed E-state index contributed by atoms with van der Waals surface area (Å²) in [5.74, 6) is 0.532. The van der Waals surface area contributed by atoms with E-state index in [-0.39, 0.29) is 101 Å². The van der Waals surface area contributed by atoms with E-state index in [2.05, 4.69) is 15.8 Å². The maximum atomic E-state index is 11.9. The fourth-order valence-corrected chi connectivity index (χ4v) is 2.40. The minimum atomic E-state index is -0.766. The summed E-state index contributed by atoms with van der Waals surface area (Å²) >= 11 is 0. The largest absolute Gasteiger partial charge is 0.394 e. The van der Waals surface area contributed by atoms with Crippen LogP contribution in [0, 0.1) is 88.1 Å². The summed E-state index contributed by atoms with van der Waals surface area (Å²) in [6.07, 6.45) is 0.749. The summed E-state index contributed by atoms with van der Waals surface area (Å²) in [6.45, 7) is 0.483. The van der Waals surface area contributed by atoms with Crippen LogP contribution in [0.15, 0.2) is 11.0 Å². The van der Waals surface area contributed by atoms with Crippen LogP contribution in [0.2, 0.25) is 0 Å². The van der Waals surface area contributed by atoms with E-state index < -0.39 is 24.1 Å². The van der Waals surface area contributed by atoms with Crippen LogP contribution in [0.25, 0.3) is 0 Å². The van der Waals surface area contributed by atoms with Crippen molar-refractivity contribution in [2.24, 2.45) is 0 Å². The van der Waals surface area contributed by atoms with Gasteiger partial charge in [-0.25, -0.2) is 10.2 Å². The molecule has 1 aromatic rings. The molecule has 0 aliphatic carbocycles. The Morgan fingerprint density at radius 1 is 1.48 bits per heavy atom. The van der Waals surface area contributed by atoms with Crippen LogP contribution in [-0.4, -0.2) is 45.1 Å². The number of aliphatic hydroxyl groups excluding tert-OH is 2. The van der Waals surface area contributed by atoms with E-state index in [0.29, 0.717) is 5.82 Å². The van der Waals surface area contributed by atoms with Crippen molar-refractivity contribution in [1.29, 1.82) is 0 Å². The molecule has 110 valence electrons. The SMILES string of the molecule is O=c1nc2c(cn1C1CC(O)[C@@H](CO)O1)CCNN2.[Ac].[Ac]. The zero-order chi connectivity index (χ0) is 13.4. The molecule has 2 aliphatic rings. The monoisotopic (exact) mass is 722 g/mol. The second-order valence-electron chi connectivity index (χ2n) is 4.72. The maximum Gasteiger partial charge on any atom is 0.351 e. The van der Waals surface area contributed by atoms with E-state index in [1.807, 2.05) is 0 Å². The average Bonchev–Trinajstić information content (AvgIpc) is 2.79. The topological polar surface area (TPSA) is 109 Å². The molecule has 1 aromatic heterocycles. The molecule has 4 N–H and O–H groups in total. The number of rotatable bonds is 2. The molecule has 3 heterocycles. The second kappa shape index (κ2) is 9.03. The van der Waals surface area contributed by atoms with E-state index in [0.717, 1.165) is 18.5 Å². The minimum absolute atomic E-state index is 0. The quantitative estimate of drug-likeness (QED) is 0.291. The van der Waals surface area contributed by atoms with Gasteiger partial charge in [0, 0.05) is 113 Å². The average molecular weight is 722 g/mol. The number of fused-ring (bicyclic) bond motifs is 1. The van der Waals surface area contributed by atoms with Gasteiger partial charge in [-0.2, -0.15) is 4.98 Å². The number of hydrogen-bond acceptors (Lipinski definition) is 7. The molecule has 1 fully saturated rings. The standard InChI is InChI=1S/C11H16N4O4.2Ac/c16-5-8-7(17)3-9(19-8)15-4-6-1-2-12-14-10(6)13-11(15)18;;/h4,7-9,12,16-17H,1-3,5H2,(H,13,14,18);;/t7?,8-,9?;;/m1../s1. The van der Waals surface area contributed by atoms with Crippen molar-refractivity contribution >= 4 is 5.82 Å². The summed E-state index contributed by atoms with van der Waals surface area (Å²) in [6, 6.07) is 0. The van der Waals surface area contributed by atoms with E-state index in [1.165, 1.54) is 4.57 Å². The third-order valence-electron chi connectivity index (χ3n) is 3.45. The molecular weight excluding hydrogens is 706 g/mol. The number of aromatic nitrogens is 2. The molecule has 0 amide bonds. The van der Waals surface area contributed by atoms with Gasteiger partial charge in [0.2, 0.25) is 0 Å². The predicted molar refractivity (Wildman–Crippen MR) is 65.4 cm³/mol. The second-order valence-corrected chi connectivity index (χ2v) is 4.72. The van der Waals surface area contributed by atoms with Crippen LogP contribution < -0.4 is 16.5 Å². The first-order valence-electron chi connectivity index (χ1n) is 6.24. The van der Waals surface area contributed by atoms with Crippen LogP contribution in [0.3, 0.4) is 0 Å². The summed E-state index contributed by atoms with van der Waals surface area (Å²) in [7, 11) is 0. The molecule has 3 atom stereocenters. The molecule has 21 heavy (non-hydrogen) atoms. The summed E-state index contributed by atoms with van der Waals surface area (Å²) in [5.41, 5.74) is 6.24. The Hall–Kier alpha value is 1.40. The van der Waals surface area contributed by atoms with Crippen molar-refractivity contribution in [3.63, 3.8) is 0 Å². The van der Waals surface area contributed by atoms with Crippen LogP contribution in [0.4, 0.5) is 5.82 Å². The summed E-state index contributed by atoms with van der Waals surface area (Å²) in [5, 5.41) is 18.8.